The van der Waals surface area contributed by atoms with Gasteiger partial charge in [-0.3, -0.25) is 4.98 Å². The maximum atomic E-state index is 10.4. The minimum absolute atomic E-state index is 0.369. The molecule has 1 N–H and O–H groups in total. The van der Waals surface area contributed by atoms with Crippen molar-refractivity contribution >= 4 is 34.1 Å². The molecule has 0 saturated heterocycles. The second kappa shape index (κ2) is 6.02. The van der Waals surface area contributed by atoms with Crippen molar-refractivity contribution in [3.63, 3.8) is 0 Å². The maximum absolute atomic E-state index is 10.4. The molecular formula is C17H13Cl2NO. The molecule has 0 spiro atoms. The smallest absolute Gasteiger partial charge is 0.0874 e. The van der Waals surface area contributed by atoms with Gasteiger partial charge in [0.05, 0.1) is 11.6 Å². The van der Waals surface area contributed by atoms with Gasteiger partial charge in [-0.05, 0) is 24.3 Å². The third-order valence-corrected chi connectivity index (χ3v) is 4.05. The Labute approximate surface area is 133 Å². The normalized spacial score (nSPS) is 12.5. The van der Waals surface area contributed by atoms with E-state index in [-0.39, 0.29) is 0 Å². The van der Waals surface area contributed by atoms with E-state index in [1.807, 2.05) is 36.4 Å². The van der Waals surface area contributed by atoms with Crippen molar-refractivity contribution in [2.24, 2.45) is 0 Å². The van der Waals surface area contributed by atoms with Crippen LogP contribution < -0.4 is 0 Å². The molecule has 0 aliphatic carbocycles. The summed E-state index contributed by atoms with van der Waals surface area (Å²) in [6.07, 6.45) is -0.409. The molecule has 1 aromatic heterocycles. The Morgan fingerprint density at radius 2 is 1.62 bits per heavy atom. The number of para-hydroxylation sites is 1. The second-order valence-electron chi connectivity index (χ2n) is 4.85. The standard InChI is InChI=1S/C17H13Cl2NO/c18-13-5-3-6-14(19)17(13)16(21)10-12-9-8-11-4-1-2-7-15(11)20-12/h1-9,16,21H,10H2. The summed E-state index contributed by atoms with van der Waals surface area (Å²) in [6.45, 7) is 0. The van der Waals surface area contributed by atoms with Gasteiger partial charge in [-0.25, -0.2) is 0 Å². The molecule has 3 aromatic rings. The highest BCUT2D eigenvalue weighted by molar-refractivity contribution is 6.36. The van der Waals surface area contributed by atoms with Gasteiger partial charge in [0.15, 0.2) is 0 Å². The van der Waals surface area contributed by atoms with E-state index in [4.69, 9.17) is 23.2 Å². The topological polar surface area (TPSA) is 33.1 Å². The van der Waals surface area contributed by atoms with Crippen LogP contribution in [0.4, 0.5) is 0 Å². The second-order valence-corrected chi connectivity index (χ2v) is 5.66. The molecule has 0 radical (unpaired) electrons. The number of rotatable bonds is 3. The van der Waals surface area contributed by atoms with Crippen LogP contribution >= 0.6 is 23.2 Å². The molecule has 0 aliphatic heterocycles. The molecule has 0 amide bonds. The number of aliphatic hydroxyl groups excluding tert-OH is 1. The zero-order valence-corrected chi connectivity index (χ0v) is 12.6. The molecule has 4 heteroatoms. The van der Waals surface area contributed by atoms with E-state index < -0.39 is 6.10 Å². The fourth-order valence-electron chi connectivity index (χ4n) is 2.35. The lowest BCUT2D eigenvalue weighted by Gasteiger charge is -2.14. The van der Waals surface area contributed by atoms with Gasteiger partial charge in [0.1, 0.15) is 0 Å². The molecule has 106 valence electrons. The van der Waals surface area contributed by atoms with Crippen LogP contribution in [-0.4, -0.2) is 10.1 Å². The van der Waals surface area contributed by atoms with Crippen LogP contribution in [0.1, 0.15) is 17.4 Å². The van der Waals surface area contributed by atoms with Crippen molar-refractivity contribution in [2.45, 2.75) is 12.5 Å². The van der Waals surface area contributed by atoms with E-state index in [2.05, 4.69) is 4.98 Å². The molecule has 1 heterocycles. The average molecular weight is 318 g/mol. The number of aromatic nitrogens is 1. The molecule has 3 rings (SSSR count). The molecule has 0 fully saturated rings. The van der Waals surface area contributed by atoms with E-state index in [1.54, 1.807) is 18.2 Å². The summed E-state index contributed by atoms with van der Waals surface area (Å²) in [4.78, 5) is 4.55. The first-order valence-electron chi connectivity index (χ1n) is 6.62. The fourth-order valence-corrected chi connectivity index (χ4v) is 3.00. The van der Waals surface area contributed by atoms with Gasteiger partial charge in [0.2, 0.25) is 0 Å². The number of halogens is 2. The highest BCUT2D eigenvalue weighted by Crippen LogP contribution is 2.32. The van der Waals surface area contributed by atoms with Gasteiger partial charge in [-0.1, -0.05) is 53.5 Å². The van der Waals surface area contributed by atoms with Crippen LogP contribution in [0.3, 0.4) is 0 Å². The minimum atomic E-state index is -0.778. The number of pyridine rings is 1. The predicted octanol–water partition coefficient (Wildman–Crippen LogP) is 4.82. The van der Waals surface area contributed by atoms with E-state index in [0.717, 1.165) is 16.6 Å². The largest absolute Gasteiger partial charge is 0.388 e. The Morgan fingerprint density at radius 3 is 2.38 bits per heavy atom. The molecule has 1 atom stereocenters. The molecule has 2 nitrogen and oxygen atoms in total. The first kappa shape index (κ1) is 14.3. The SMILES string of the molecule is OC(Cc1ccc2ccccc2n1)c1c(Cl)cccc1Cl. The fraction of sp³-hybridized carbons (Fsp3) is 0.118. The first-order valence-corrected chi connectivity index (χ1v) is 7.37. The lowest BCUT2D eigenvalue weighted by Crippen LogP contribution is -2.05. The third kappa shape index (κ3) is 3.03. The van der Waals surface area contributed by atoms with Gasteiger partial charge in [-0.15, -0.1) is 0 Å². The highest BCUT2D eigenvalue weighted by atomic mass is 35.5. The Kier molecular flexibility index (Phi) is 4.11. The Hall–Kier alpha value is -1.61. The average Bonchev–Trinajstić information content (AvgIpc) is 2.47. The predicted molar refractivity (Wildman–Crippen MR) is 86.9 cm³/mol. The maximum Gasteiger partial charge on any atom is 0.0874 e. The number of hydrogen-bond acceptors (Lipinski definition) is 2. The Balaban J connectivity index is 1.91. The molecular weight excluding hydrogens is 305 g/mol. The van der Waals surface area contributed by atoms with Gasteiger partial charge in [0, 0.05) is 33.1 Å². The summed E-state index contributed by atoms with van der Waals surface area (Å²) in [7, 11) is 0. The number of benzene rings is 2. The Bertz CT molecular complexity index is 768. The van der Waals surface area contributed by atoms with Crippen LogP contribution in [0.2, 0.25) is 10.0 Å². The van der Waals surface area contributed by atoms with Gasteiger partial charge in [0.25, 0.3) is 0 Å². The minimum Gasteiger partial charge on any atom is -0.388 e. The summed E-state index contributed by atoms with van der Waals surface area (Å²) < 4.78 is 0. The molecule has 1 unspecified atom stereocenters. The Morgan fingerprint density at radius 1 is 0.905 bits per heavy atom. The summed E-state index contributed by atoms with van der Waals surface area (Å²) >= 11 is 12.2. The van der Waals surface area contributed by atoms with Crippen LogP contribution in [0.15, 0.2) is 54.6 Å². The van der Waals surface area contributed by atoms with Crippen LogP contribution in [0, 0.1) is 0 Å². The van der Waals surface area contributed by atoms with Crippen molar-refractivity contribution in [1.82, 2.24) is 4.98 Å². The lowest BCUT2D eigenvalue weighted by molar-refractivity contribution is 0.177. The molecule has 0 saturated carbocycles. The van der Waals surface area contributed by atoms with E-state index in [9.17, 15) is 5.11 Å². The van der Waals surface area contributed by atoms with E-state index >= 15 is 0 Å². The van der Waals surface area contributed by atoms with Crippen molar-refractivity contribution in [2.75, 3.05) is 0 Å². The monoisotopic (exact) mass is 317 g/mol. The number of fused-ring (bicyclic) bond motifs is 1. The third-order valence-electron chi connectivity index (χ3n) is 3.39. The zero-order valence-electron chi connectivity index (χ0n) is 11.1. The quantitative estimate of drug-likeness (QED) is 0.751. The number of hydrogen-bond donors (Lipinski definition) is 1. The summed E-state index contributed by atoms with van der Waals surface area (Å²) in [5.41, 5.74) is 2.26. The summed E-state index contributed by atoms with van der Waals surface area (Å²) in [6, 6.07) is 17.0. The highest BCUT2D eigenvalue weighted by Gasteiger charge is 2.16. The molecule has 21 heavy (non-hydrogen) atoms. The molecule has 0 bridgehead atoms. The van der Waals surface area contributed by atoms with Crippen molar-refractivity contribution < 1.29 is 5.11 Å². The van der Waals surface area contributed by atoms with E-state index in [0.29, 0.717) is 22.0 Å². The van der Waals surface area contributed by atoms with Gasteiger partial charge in [-0.2, -0.15) is 0 Å². The number of nitrogens with zero attached hydrogens (tertiary/aromatic N) is 1. The van der Waals surface area contributed by atoms with Crippen molar-refractivity contribution in [3.8, 4) is 0 Å². The summed E-state index contributed by atoms with van der Waals surface area (Å²) in [5.74, 6) is 0. The lowest BCUT2D eigenvalue weighted by atomic mass is 10.0. The first-order chi connectivity index (χ1) is 10.1. The van der Waals surface area contributed by atoms with E-state index in [1.165, 1.54) is 0 Å². The van der Waals surface area contributed by atoms with Gasteiger partial charge < -0.3 is 5.11 Å². The summed E-state index contributed by atoms with van der Waals surface area (Å²) in [5, 5.41) is 12.4. The van der Waals surface area contributed by atoms with Crippen LogP contribution in [-0.2, 0) is 6.42 Å². The number of aliphatic hydroxyl groups is 1. The van der Waals surface area contributed by atoms with Crippen molar-refractivity contribution in [3.05, 3.63) is 75.9 Å². The zero-order chi connectivity index (χ0) is 14.8. The van der Waals surface area contributed by atoms with Gasteiger partial charge >= 0.3 is 0 Å². The molecule has 2 aromatic carbocycles. The van der Waals surface area contributed by atoms with Crippen molar-refractivity contribution in [1.29, 1.82) is 0 Å². The molecule has 0 aliphatic rings. The van der Waals surface area contributed by atoms with Crippen LogP contribution in [0.5, 0.6) is 0 Å². The van der Waals surface area contributed by atoms with Crippen LogP contribution in [0.25, 0.3) is 10.9 Å².